The number of thiophene rings is 1. The maximum absolute atomic E-state index is 11.9. The third kappa shape index (κ3) is 6.09. The van der Waals surface area contributed by atoms with Crippen molar-refractivity contribution in [1.82, 2.24) is 0 Å². The summed E-state index contributed by atoms with van der Waals surface area (Å²) in [7, 11) is 0. The lowest BCUT2D eigenvalue weighted by Crippen LogP contribution is -2.21. The monoisotopic (exact) mass is 393 g/mol. The fourth-order valence-corrected chi connectivity index (χ4v) is 3.02. The first-order valence-corrected chi connectivity index (χ1v) is 8.89. The van der Waals surface area contributed by atoms with Gasteiger partial charge < -0.3 is 10.1 Å². The number of Topliss-reactive ketones (excluding diaryl/α,β-unsaturated/α-hetero) is 2. The van der Waals surface area contributed by atoms with Gasteiger partial charge in [-0.25, -0.2) is 0 Å². The summed E-state index contributed by atoms with van der Waals surface area (Å²) in [5.41, 5.74) is 1.02. The van der Waals surface area contributed by atoms with Crippen LogP contribution < -0.4 is 5.32 Å². The van der Waals surface area contributed by atoms with Gasteiger partial charge in [0.2, 0.25) is 0 Å². The average Bonchev–Trinajstić information content (AvgIpc) is 3.05. The van der Waals surface area contributed by atoms with Crippen LogP contribution in [0.1, 0.15) is 39.8 Å². The number of esters is 1. The van der Waals surface area contributed by atoms with Crippen molar-refractivity contribution in [2.24, 2.45) is 0 Å². The van der Waals surface area contributed by atoms with E-state index >= 15 is 0 Å². The van der Waals surface area contributed by atoms with E-state index in [1.165, 1.54) is 6.92 Å². The first-order chi connectivity index (χ1) is 12.3. The number of carbonyl (C=O) groups is 4. The molecule has 8 heteroatoms. The van der Waals surface area contributed by atoms with Crippen molar-refractivity contribution in [1.29, 1.82) is 0 Å². The van der Waals surface area contributed by atoms with Gasteiger partial charge in [-0.15, -0.1) is 11.3 Å². The molecule has 1 heterocycles. The molecule has 0 bridgehead atoms. The van der Waals surface area contributed by atoms with Crippen LogP contribution >= 0.6 is 22.9 Å². The molecule has 6 nitrogen and oxygen atoms in total. The number of ether oxygens (including phenoxy) is 1. The van der Waals surface area contributed by atoms with Crippen molar-refractivity contribution in [3.63, 3.8) is 0 Å². The number of benzene rings is 1. The zero-order valence-corrected chi connectivity index (χ0v) is 15.5. The summed E-state index contributed by atoms with van der Waals surface area (Å²) < 4.78 is 5.35. The third-order valence-corrected chi connectivity index (χ3v) is 4.62. The van der Waals surface area contributed by atoms with Crippen molar-refractivity contribution in [2.75, 3.05) is 11.9 Å². The topological polar surface area (TPSA) is 89.5 Å². The summed E-state index contributed by atoms with van der Waals surface area (Å²) in [6, 6.07) is 9.57. The molecule has 1 amide bonds. The van der Waals surface area contributed by atoms with Crippen LogP contribution in [0.4, 0.5) is 5.69 Å². The fourth-order valence-electron chi connectivity index (χ4n) is 2.01. The molecule has 0 saturated carbocycles. The molecule has 0 spiro atoms. The Morgan fingerprint density at radius 2 is 1.73 bits per heavy atom. The number of hydrogen-bond acceptors (Lipinski definition) is 6. The van der Waals surface area contributed by atoms with Gasteiger partial charge in [0, 0.05) is 17.7 Å². The number of carbonyl (C=O) groups excluding carboxylic acids is 4. The zero-order chi connectivity index (χ0) is 19.1. The summed E-state index contributed by atoms with van der Waals surface area (Å²) in [6.07, 6.45) is -0.126. The highest BCUT2D eigenvalue weighted by molar-refractivity contribution is 7.18. The third-order valence-electron chi connectivity index (χ3n) is 3.34. The summed E-state index contributed by atoms with van der Waals surface area (Å²) in [5.74, 6) is -1.42. The van der Waals surface area contributed by atoms with Gasteiger partial charge in [-0.2, -0.15) is 0 Å². The van der Waals surface area contributed by atoms with E-state index in [4.69, 9.17) is 16.3 Å². The maximum atomic E-state index is 11.9. The van der Waals surface area contributed by atoms with Crippen LogP contribution in [0.15, 0.2) is 36.4 Å². The molecule has 0 aliphatic carbocycles. The minimum absolute atomic E-state index is 0.0101. The summed E-state index contributed by atoms with van der Waals surface area (Å²) in [4.78, 5) is 46.9. The van der Waals surface area contributed by atoms with Crippen molar-refractivity contribution < 1.29 is 23.9 Å². The molecule has 1 aromatic carbocycles. The number of halogens is 1. The number of nitrogens with one attached hydrogen (secondary N) is 1. The second-order valence-electron chi connectivity index (χ2n) is 5.37. The Hall–Kier alpha value is -2.51. The minimum atomic E-state index is -0.636. The molecule has 0 radical (unpaired) electrons. The number of amides is 1. The largest absolute Gasteiger partial charge is 0.456 e. The lowest BCUT2D eigenvalue weighted by Gasteiger charge is -2.07. The molecular formula is C18H16ClNO5S. The van der Waals surface area contributed by atoms with Crippen LogP contribution in [-0.4, -0.2) is 30.0 Å². The van der Waals surface area contributed by atoms with Gasteiger partial charge in [-0.3, -0.25) is 19.2 Å². The lowest BCUT2D eigenvalue weighted by atomic mass is 10.1. The van der Waals surface area contributed by atoms with E-state index in [0.29, 0.717) is 20.5 Å². The molecule has 2 rings (SSSR count). The van der Waals surface area contributed by atoms with Crippen LogP contribution in [0.25, 0.3) is 0 Å². The average molecular weight is 394 g/mol. The quantitative estimate of drug-likeness (QED) is 0.545. The van der Waals surface area contributed by atoms with Gasteiger partial charge >= 0.3 is 5.97 Å². The maximum Gasteiger partial charge on any atom is 0.306 e. The molecule has 0 unspecified atom stereocenters. The molecular weight excluding hydrogens is 378 g/mol. The second kappa shape index (κ2) is 9.26. The second-order valence-corrected chi connectivity index (χ2v) is 7.08. The molecule has 0 saturated heterocycles. The Morgan fingerprint density at radius 1 is 1.04 bits per heavy atom. The SMILES string of the molecule is CC(=O)c1ccc(NC(=O)COC(=O)CCC(=O)c2ccc(Cl)s2)cc1. The van der Waals surface area contributed by atoms with E-state index in [1.54, 1.807) is 36.4 Å². The molecule has 0 aliphatic rings. The van der Waals surface area contributed by atoms with Crippen LogP contribution in [0, 0.1) is 0 Å². The molecule has 2 aromatic rings. The van der Waals surface area contributed by atoms with Gasteiger partial charge in [0.15, 0.2) is 18.2 Å². The Morgan fingerprint density at radius 3 is 2.31 bits per heavy atom. The first-order valence-electron chi connectivity index (χ1n) is 7.70. The summed E-state index contributed by atoms with van der Waals surface area (Å²) in [6.45, 7) is 0.997. The summed E-state index contributed by atoms with van der Waals surface area (Å²) in [5, 5.41) is 2.55. The number of rotatable bonds is 8. The Kier molecular flexibility index (Phi) is 7.06. The number of ketones is 2. The van der Waals surface area contributed by atoms with Gasteiger partial charge in [-0.1, -0.05) is 11.6 Å². The molecule has 0 aliphatic heterocycles. The number of hydrogen-bond donors (Lipinski definition) is 1. The van der Waals surface area contributed by atoms with E-state index in [-0.39, 0.29) is 24.4 Å². The standard InChI is InChI=1S/C18H16ClNO5S/c1-11(21)12-2-4-13(5-3-12)20-17(23)10-25-18(24)9-6-14(22)15-7-8-16(19)26-15/h2-5,7-8H,6,9-10H2,1H3,(H,20,23). The predicted octanol–water partition coefficient (Wildman–Crippen LogP) is 3.75. The molecule has 0 atom stereocenters. The molecule has 26 heavy (non-hydrogen) atoms. The summed E-state index contributed by atoms with van der Waals surface area (Å²) >= 11 is 6.90. The fraction of sp³-hybridized carbons (Fsp3) is 0.222. The van der Waals surface area contributed by atoms with Crippen LogP contribution in [0.2, 0.25) is 4.34 Å². The van der Waals surface area contributed by atoms with Crippen LogP contribution in [0.5, 0.6) is 0 Å². The highest BCUT2D eigenvalue weighted by atomic mass is 35.5. The number of anilines is 1. The van der Waals surface area contributed by atoms with Gasteiger partial charge in [0.05, 0.1) is 15.6 Å². The Balaban J connectivity index is 1.72. The normalized spacial score (nSPS) is 10.2. The van der Waals surface area contributed by atoms with Crippen molar-refractivity contribution in [2.45, 2.75) is 19.8 Å². The van der Waals surface area contributed by atoms with Crippen LogP contribution in [-0.2, 0) is 14.3 Å². The van der Waals surface area contributed by atoms with Crippen molar-refractivity contribution >= 4 is 52.1 Å². The first kappa shape index (κ1) is 19.8. The molecule has 1 N–H and O–H groups in total. The van der Waals surface area contributed by atoms with Gasteiger partial charge in [0.1, 0.15) is 0 Å². The van der Waals surface area contributed by atoms with E-state index < -0.39 is 18.5 Å². The highest BCUT2D eigenvalue weighted by Gasteiger charge is 2.13. The molecule has 0 fully saturated rings. The van der Waals surface area contributed by atoms with E-state index in [9.17, 15) is 19.2 Å². The van der Waals surface area contributed by atoms with Gasteiger partial charge in [0.25, 0.3) is 5.91 Å². The van der Waals surface area contributed by atoms with E-state index in [1.807, 2.05) is 0 Å². The smallest absolute Gasteiger partial charge is 0.306 e. The zero-order valence-electron chi connectivity index (χ0n) is 13.9. The van der Waals surface area contributed by atoms with Crippen LogP contribution in [0.3, 0.4) is 0 Å². The highest BCUT2D eigenvalue weighted by Crippen LogP contribution is 2.22. The molecule has 1 aromatic heterocycles. The predicted molar refractivity (Wildman–Crippen MR) is 98.9 cm³/mol. The minimum Gasteiger partial charge on any atom is -0.456 e. The van der Waals surface area contributed by atoms with Crippen molar-refractivity contribution in [3.8, 4) is 0 Å². The van der Waals surface area contributed by atoms with Gasteiger partial charge in [-0.05, 0) is 43.3 Å². The van der Waals surface area contributed by atoms with E-state index in [2.05, 4.69) is 5.32 Å². The lowest BCUT2D eigenvalue weighted by molar-refractivity contribution is -0.147. The Labute approximate surface area is 159 Å². The van der Waals surface area contributed by atoms with E-state index in [0.717, 1.165) is 11.3 Å². The Bertz CT molecular complexity index is 828. The molecule has 136 valence electrons. The van der Waals surface area contributed by atoms with Crippen molar-refractivity contribution in [3.05, 3.63) is 51.2 Å².